The number of carbonyl (C=O) groups excluding carboxylic acids is 2. The Labute approximate surface area is 116 Å². The first-order chi connectivity index (χ1) is 9.55. The lowest BCUT2D eigenvalue weighted by Gasteiger charge is -2.17. The highest BCUT2D eigenvalue weighted by Gasteiger charge is 2.28. The fraction of sp³-hybridized carbons (Fsp3) is 0.385. The van der Waals surface area contributed by atoms with E-state index >= 15 is 0 Å². The maximum atomic E-state index is 11.8. The second kappa shape index (κ2) is 6.65. The number of methoxy groups -OCH3 is 5. The number of esters is 2. The van der Waals surface area contributed by atoms with Gasteiger partial charge in [0.1, 0.15) is 11.1 Å². The highest BCUT2D eigenvalue weighted by Crippen LogP contribution is 2.43. The van der Waals surface area contributed by atoms with Gasteiger partial charge in [-0.15, -0.1) is 0 Å². The lowest BCUT2D eigenvalue weighted by molar-refractivity contribution is 0.0593. The quantitative estimate of drug-likeness (QED) is 0.753. The highest BCUT2D eigenvalue weighted by atomic mass is 16.5. The van der Waals surface area contributed by atoms with Gasteiger partial charge < -0.3 is 23.7 Å². The van der Waals surface area contributed by atoms with Crippen LogP contribution in [0.5, 0.6) is 17.2 Å². The van der Waals surface area contributed by atoms with Crippen molar-refractivity contribution >= 4 is 11.9 Å². The topological polar surface area (TPSA) is 80.3 Å². The predicted molar refractivity (Wildman–Crippen MR) is 68.8 cm³/mol. The van der Waals surface area contributed by atoms with Crippen LogP contribution in [0, 0.1) is 0 Å². The highest BCUT2D eigenvalue weighted by molar-refractivity contribution is 6.01. The lowest BCUT2D eigenvalue weighted by Crippen LogP contribution is -2.12. The molecule has 110 valence electrons. The Bertz CT molecular complexity index is 480. The minimum Gasteiger partial charge on any atom is -0.492 e. The zero-order valence-corrected chi connectivity index (χ0v) is 11.9. The van der Waals surface area contributed by atoms with Gasteiger partial charge in [0.25, 0.3) is 0 Å². The Morgan fingerprint density at radius 1 is 0.700 bits per heavy atom. The van der Waals surface area contributed by atoms with Crippen LogP contribution in [0.4, 0.5) is 0 Å². The third-order valence-corrected chi connectivity index (χ3v) is 2.61. The fourth-order valence-corrected chi connectivity index (χ4v) is 1.74. The van der Waals surface area contributed by atoms with Gasteiger partial charge in [0, 0.05) is 0 Å². The molecule has 0 unspecified atom stereocenters. The third-order valence-electron chi connectivity index (χ3n) is 2.61. The molecule has 0 atom stereocenters. The average molecular weight is 284 g/mol. The SMILES string of the molecule is COC(=O)c1cc(C(=O)OC)c(OC)c(OC)c1OC. The third kappa shape index (κ3) is 2.61. The van der Waals surface area contributed by atoms with Crippen molar-refractivity contribution in [2.24, 2.45) is 0 Å². The molecule has 0 saturated carbocycles. The summed E-state index contributed by atoms with van der Waals surface area (Å²) in [5.74, 6) is -1.01. The van der Waals surface area contributed by atoms with Gasteiger partial charge in [-0.3, -0.25) is 0 Å². The number of hydrogen-bond acceptors (Lipinski definition) is 7. The molecule has 0 N–H and O–H groups in total. The molecule has 0 aliphatic rings. The van der Waals surface area contributed by atoms with E-state index in [-0.39, 0.29) is 28.4 Å². The molecule has 0 aliphatic heterocycles. The number of hydrogen-bond donors (Lipinski definition) is 0. The van der Waals surface area contributed by atoms with Crippen molar-refractivity contribution in [1.29, 1.82) is 0 Å². The molecule has 0 saturated heterocycles. The first-order valence-electron chi connectivity index (χ1n) is 5.55. The van der Waals surface area contributed by atoms with Crippen molar-refractivity contribution in [3.05, 3.63) is 17.2 Å². The zero-order chi connectivity index (χ0) is 15.3. The van der Waals surface area contributed by atoms with Crippen molar-refractivity contribution < 1.29 is 33.3 Å². The maximum absolute atomic E-state index is 11.8. The second-order valence-electron chi connectivity index (χ2n) is 3.55. The summed E-state index contributed by atoms with van der Waals surface area (Å²) in [5, 5.41) is 0. The van der Waals surface area contributed by atoms with E-state index in [9.17, 15) is 9.59 Å². The maximum Gasteiger partial charge on any atom is 0.341 e. The summed E-state index contributed by atoms with van der Waals surface area (Å²) in [5.41, 5.74) is 0.0705. The molecule has 1 aromatic carbocycles. The predicted octanol–water partition coefficient (Wildman–Crippen LogP) is 1.29. The molecule has 1 aromatic rings. The summed E-state index contributed by atoms with van der Waals surface area (Å²) in [4.78, 5) is 23.5. The fourth-order valence-electron chi connectivity index (χ4n) is 1.74. The number of benzene rings is 1. The van der Waals surface area contributed by atoms with Gasteiger partial charge in [0.05, 0.1) is 35.5 Å². The molecule has 7 heteroatoms. The summed E-state index contributed by atoms with van der Waals surface area (Å²) in [6, 6.07) is 1.28. The van der Waals surface area contributed by atoms with Gasteiger partial charge in [-0.25, -0.2) is 9.59 Å². The number of carbonyl (C=O) groups is 2. The van der Waals surface area contributed by atoms with E-state index in [0.29, 0.717) is 0 Å². The van der Waals surface area contributed by atoms with Crippen LogP contribution in [0.2, 0.25) is 0 Å². The molecule has 0 radical (unpaired) electrons. The van der Waals surface area contributed by atoms with Crippen molar-refractivity contribution in [3.63, 3.8) is 0 Å². The molecule has 7 nitrogen and oxygen atoms in total. The van der Waals surface area contributed by atoms with Gasteiger partial charge >= 0.3 is 11.9 Å². The molecule has 0 aliphatic carbocycles. The molecule has 0 amide bonds. The van der Waals surface area contributed by atoms with Gasteiger partial charge in [-0.1, -0.05) is 0 Å². The minimum absolute atomic E-state index is 0.0352. The Morgan fingerprint density at radius 3 is 1.30 bits per heavy atom. The number of rotatable bonds is 5. The molecule has 0 heterocycles. The van der Waals surface area contributed by atoms with E-state index in [1.165, 1.54) is 41.6 Å². The van der Waals surface area contributed by atoms with Crippen molar-refractivity contribution in [3.8, 4) is 17.2 Å². The second-order valence-corrected chi connectivity index (χ2v) is 3.55. The number of ether oxygens (including phenoxy) is 5. The molecular formula is C13H16O7. The van der Waals surface area contributed by atoms with E-state index in [2.05, 4.69) is 9.47 Å². The molecule has 20 heavy (non-hydrogen) atoms. The molecule has 0 fully saturated rings. The van der Waals surface area contributed by atoms with Crippen molar-refractivity contribution in [2.75, 3.05) is 35.5 Å². The molecule has 0 bridgehead atoms. The molecular weight excluding hydrogens is 268 g/mol. The Morgan fingerprint density at radius 2 is 1.05 bits per heavy atom. The van der Waals surface area contributed by atoms with Gasteiger partial charge in [0.15, 0.2) is 11.5 Å². The summed E-state index contributed by atoms with van der Waals surface area (Å²) in [6.45, 7) is 0. The first kappa shape index (κ1) is 15.6. The van der Waals surface area contributed by atoms with Crippen LogP contribution in [0.15, 0.2) is 6.07 Å². The van der Waals surface area contributed by atoms with Crippen LogP contribution in [-0.2, 0) is 9.47 Å². The van der Waals surface area contributed by atoms with Crippen LogP contribution in [0.25, 0.3) is 0 Å². The van der Waals surface area contributed by atoms with Crippen molar-refractivity contribution in [1.82, 2.24) is 0 Å². The Hall–Kier alpha value is -2.44. The smallest absolute Gasteiger partial charge is 0.341 e. The normalized spacial score (nSPS) is 9.65. The Balaban J connectivity index is 3.69. The van der Waals surface area contributed by atoms with Crippen LogP contribution >= 0.6 is 0 Å². The van der Waals surface area contributed by atoms with Crippen LogP contribution in [-0.4, -0.2) is 47.5 Å². The van der Waals surface area contributed by atoms with Gasteiger partial charge in [-0.05, 0) is 6.07 Å². The monoisotopic (exact) mass is 284 g/mol. The average Bonchev–Trinajstić information content (AvgIpc) is 2.50. The lowest BCUT2D eigenvalue weighted by atomic mass is 10.1. The largest absolute Gasteiger partial charge is 0.492 e. The molecule has 0 spiro atoms. The summed E-state index contributed by atoms with van der Waals surface area (Å²) in [7, 11) is 6.53. The van der Waals surface area contributed by atoms with E-state index in [0.717, 1.165) is 0 Å². The summed E-state index contributed by atoms with van der Waals surface area (Å²) in [6.07, 6.45) is 0. The van der Waals surface area contributed by atoms with E-state index in [4.69, 9.17) is 14.2 Å². The molecule has 1 rings (SSSR count). The first-order valence-corrected chi connectivity index (χ1v) is 5.55. The van der Waals surface area contributed by atoms with Crippen molar-refractivity contribution in [2.45, 2.75) is 0 Å². The summed E-state index contributed by atoms with van der Waals surface area (Å²) < 4.78 is 24.8. The zero-order valence-electron chi connectivity index (χ0n) is 11.9. The van der Waals surface area contributed by atoms with Gasteiger partial charge in [0.2, 0.25) is 5.75 Å². The van der Waals surface area contributed by atoms with E-state index < -0.39 is 11.9 Å². The summed E-state index contributed by atoms with van der Waals surface area (Å²) >= 11 is 0. The van der Waals surface area contributed by atoms with Crippen LogP contribution in [0.3, 0.4) is 0 Å². The standard InChI is InChI=1S/C13H16O7/c1-16-9-7(12(14)19-4)6-8(13(15)20-5)10(17-2)11(9)18-3/h6H,1-5H3. The van der Waals surface area contributed by atoms with E-state index in [1.54, 1.807) is 0 Å². The van der Waals surface area contributed by atoms with Gasteiger partial charge in [-0.2, -0.15) is 0 Å². The Kier molecular flexibility index (Phi) is 5.19. The minimum atomic E-state index is -0.673. The van der Waals surface area contributed by atoms with E-state index in [1.807, 2.05) is 0 Å². The van der Waals surface area contributed by atoms with Crippen LogP contribution in [0.1, 0.15) is 20.7 Å². The van der Waals surface area contributed by atoms with Crippen LogP contribution < -0.4 is 14.2 Å². The molecule has 0 aromatic heterocycles.